The van der Waals surface area contributed by atoms with Crippen LogP contribution < -0.4 is 11.1 Å². The van der Waals surface area contributed by atoms with Crippen LogP contribution in [0.1, 0.15) is 6.42 Å². The Labute approximate surface area is 169 Å². The molecule has 1 saturated carbocycles. The number of carboxylic acids is 2. The van der Waals surface area contributed by atoms with Gasteiger partial charge in [0.05, 0.1) is 23.0 Å². The van der Waals surface area contributed by atoms with Gasteiger partial charge in [0, 0.05) is 24.2 Å². The molecule has 1 aliphatic heterocycles. The van der Waals surface area contributed by atoms with Crippen LogP contribution in [0.2, 0.25) is 0 Å². The fraction of sp³-hybridized carbons (Fsp3) is 0.769. The minimum absolute atomic E-state index is 0.298. The van der Waals surface area contributed by atoms with Crippen LogP contribution in [0.15, 0.2) is 0 Å². The summed E-state index contributed by atoms with van der Waals surface area (Å²) in [5, 5.41) is 30.0. The van der Waals surface area contributed by atoms with E-state index in [1.807, 2.05) is 6.26 Å². The molecule has 0 radical (unpaired) electrons. The highest BCUT2D eigenvalue weighted by atomic mass is 32.2. The van der Waals surface area contributed by atoms with E-state index in [0.29, 0.717) is 12.2 Å². The van der Waals surface area contributed by atoms with Crippen LogP contribution in [0, 0.1) is 11.8 Å². The van der Waals surface area contributed by atoms with Gasteiger partial charge in [-0.3, -0.25) is 9.59 Å². The minimum atomic E-state index is -3.91. The summed E-state index contributed by atoms with van der Waals surface area (Å²) >= 11 is 2.39. The number of nitrogens with one attached hydrogen (secondary N) is 1. The topological polar surface area (TPSA) is 203 Å². The van der Waals surface area contributed by atoms with Gasteiger partial charge in [0.25, 0.3) is 0 Å². The molecule has 2 rings (SSSR count). The first-order valence-electron chi connectivity index (χ1n) is 7.75. The highest BCUT2D eigenvalue weighted by molar-refractivity contribution is 7.98. The molecule has 1 saturated heterocycles. The Hall–Kier alpha value is -1.10. The fourth-order valence-electron chi connectivity index (χ4n) is 3.22. The smallest absolute Gasteiger partial charge is 0.330 e. The van der Waals surface area contributed by atoms with Crippen molar-refractivity contribution in [1.82, 2.24) is 5.32 Å². The number of carbonyl (C=O) groups is 3. The first-order chi connectivity index (χ1) is 13.0. The van der Waals surface area contributed by atoms with Crippen LogP contribution >= 0.6 is 23.8 Å². The molecule has 0 aromatic carbocycles. The lowest BCUT2D eigenvalue weighted by atomic mass is 9.93. The van der Waals surface area contributed by atoms with Crippen LogP contribution in [-0.4, -0.2) is 82.6 Å². The van der Waals surface area contributed by atoms with E-state index in [9.17, 15) is 27.9 Å². The zero-order valence-corrected chi connectivity index (χ0v) is 17.4. The van der Waals surface area contributed by atoms with E-state index in [4.69, 9.17) is 16.1 Å². The zero-order chi connectivity index (χ0) is 21.7. The van der Waals surface area contributed by atoms with Gasteiger partial charge in [0.2, 0.25) is 5.91 Å². The lowest BCUT2D eigenvalue weighted by Gasteiger charge is -2.28. The molecule has 0 bridgehead atoms. The summed E-state index contributed by atoms with van der Waals surface area (Å²) < 4.78 is 27.9. The number of nitrogens with two attached hydrogens (primary N) is 1. The third-order valence-corrected chi connectivity index (χ3v) is 7.56. The normalized spacial score (nSPS) is 30.4. The Morgan fingerprint density at radius 1 is 1.32 bits per heavy atom. The lowest BCUT2D eigenvalue weighted by Crippen LogP contribution is -2.61. The molecule has 2 fully saturated rings. The number of carbonyl (C=O) groups excluding carboxylic acids is 1. The van der Waals surface area contributed by atoms with Crippen molar-refractivity contribution >= 4 is 51.5 Å². The lowest BCUT2D eigenvalue weighted by molar-refractivity contribution is -0.432. The van der Waals surface area contributed by atoms with E-state index >= 15 is 0 Å². The van der Waals surface area contributed by atoms with Crippen LogP contribution in [0.3, 0.4) is 0 Å². The van der Waals surface area contributed by atoms with E-state index < -0.39 is 62.1 Å². The third-order valence-electron chi connectivity index (χ3n) is 4.45. The second-order valence-electron chi connectivity index (χ2n) is 6.12. The molecule has 5 atom stereocenters. The quantitative estimate of drug-likeness (QED) is 0.156. The first-order valence-corrected chi connectivity index (χ1v) is 12.0. The summed E-state index contributed by atoms with van der Waals surface area (Å²) in [5.74, 6) is -6.43. The van der Waals surface area contributed by atoms with Crippen LogP contribution in [0.5, 0.6) is 0 Å². The Balaban J connectivity index is 0.000000696. The molecule has 162 valence electrons. The van der Waals surface area contributed by atoms with E-state index in [2.05, 4.69) is 14.7 Å². The maximum atomic E-state index is 12.1. The number of rotatable bonds is 9. The summed E-state index contributed by atoms with van der Waals surface area (Å²) in [6, 6.07) is -0.984. The number of sulfone groups is 1. The Bertz CT molecular complexity index is 701. The summed E-state index contributed by atoms with van der Waals surface area (Å²) in [4.78, 5) is 34.9. The second-order valence-corrected chi connectivity index (χ2v) is 9.74. The van der Waals surface area contributed by atoms with Crippen molar-refractivity contribution in [3.8, 4) is 0 Å². The molecule has 1 amide bonds. The largest absolute Gasteiger partial charge is 0.481 e. The van der Waals surface area contributed by atoms with Gasteiger partial charge in [-0.05, 0) is 18.4 Å². The molecule has 2 aliphatic rings. The molecule has 0 spiro atoms. The molecule has 1 aliphatic carbocycles. The predicted octanol–water partition coefficient (Wildman–Crippen LogP) is -1.18. The standard InChI is InChI=1S/C12H18N2O7S2.CH4O3S/c1-22-3-2-5(13)9(15)14-12(11(18)19)4-23(20,21)8-6(7(8)12)10(16)17;1-5-4-3-2/h5-8H,2-4,13H2,1H3,(H,14,15)(H,16,17)(H,18,19);2H,1H3/t5-,6-,7-,8+,12+;/m1./s1. The average molecular weight is 463 g/mol. The van der Waals surface area contributed by atoms with Gasteiger partial charge in [-0.2, -0.15) is 11.8 Å². The van der Waals surface area contributed by atoms with Crippen molar-refractivity contribution in [3.63, 3.8) is 0 Å². The third kappa shape index (κ3) is 5.28. The van der Waals surface area contributed by atoms with Gasteiger partial charge in [-0.15, -0.1) is 4.33 Å². The molecular formula is C13H22N2O10S3. The highest BCUT2D eigenvalue weighted by Gasteiger charge is 2.79. The average Bonchev–Trinajstić information content (AvgIpc) is 3.32. The van der Waals surface area contributed by atoms with E-state index in [1.54, 1.807) is 6.26 Å². The molecule has 12 nitrogen and oxygen atoms in total. The second kappa shape index (κ2) is 10.1. The molecule has 0 aromatic heterocycles. The minimum Gasteiger partial charge on any atom is -0.481 e. The molecule has 1 heterocycles. The van der Waals surface area contributed by atoms with Crippen molar-refractivity contribution in [2.45, 2.75) is 23.3 Å². The van der Waals surface area contributed by atoms with Gasteiger partial charge in [-0.25, -0.2) is 18.5 Å². The monoisotopic (exact) mass is 462 g/mol. The number of hydrogen-bond acceptors (Lipinski definition) is 11. The molecule has 28 heavy (non-hydrogen) atoms. The van der Waals surface area contributed by atoms with Crippen LogP contribution in [0.4, 0.5) is 0 Å². The molecule has 15 heteroatoms. The molecule has 0 unspecified atom stereocenters. The molecule has 0 aromatic rings. The number of hydrogen-bond donors (Lipinski definition) is 5. The summed E-state index contributed by atoms with van der Waals surface area (Å²) in [5.41, 5.74) is 3.55. The molecular weight excluding hydrogens is 440 g/mol. The number of amides is 1. The molecule has 6 N–H and O–H groups in total. The summed E-state index contributed by atoms with van der Waals surface area (Å²) in [7, 11) is -3.91. The van der Waals surface area contributed by atoms with Gasteiger partial charge >= 0.3 is 11.9 Å². The highest BCUT2D eigenvalue weighted by Crippen LogP contribution is 2.57. The Morgan fingerprint density at radius 2 is 1.93 bits per heavy atom. The fourth-order valence-corrected chi connectivity index (χ4v) is 6.47. The number of thioether (sulfide) groups is 1. The predicted molar refractivity (Wildman–Crippen MR) is 100.0 cm³/mol. The maximum Gasteiger partial charge on any atom is 0.330 e. The van der Waals surface area contributed by atoms with Crippen LogP contribution in [0.25, 0.3) is 0 Å². The number of fused-ring (bicyclic) bond motifs is 1. The number of aliphatic carboxylic acids is 2. The van der Waals surface area contributed by atoms with Crippen molar-refractivity contribution in [1.29, 1.82) is 0 Å². The van der Waals surface area contributed by atoms with E-state index in [0.717, 1.165) is 12.0 Å². The zero-order valence-electron chi connectivity index (χ0n) is 14.9. The summed E-state index contributed by atoms with van der Waals surface area (Å²) in [6.07, 6.45) is 3.74. The van der Waals surface area contributed by atoms with Gasteiger partial charge in [0.1, 0.15) is 0 Å². The number of carboxylic acid groups (broad SMARTS) is 2. The van der Waals surface area contributed by atoms with Gasteiger partial charge in [-0.1, -0.05) is 5.04 Å². The maximum absolute atomic E-state index is 12.1. The SMILES string of the molecule is CSCC[C@@H](N)C(=O)N[C@@]1(C(=O)O)CS(=O)(=O)[C@H]2[C@H](C(=O)O)[C@H]21.CSOOO. The van der Waals surface area contributed by atoms with Crippen LogP contribution in [-0.2, 0) is 33.6 Å². The van der Waals surface area contributed by atoms with Gasteiger partial charge in [0.15, 0.2) is 15.4 Å². The van der Waals surface area contributed by atoms with E-state index in [-0.39, 0.29) is 0 Å². The van der Waals surface area contributed by atoms with Crippen molar-refractivity contribution in [2.75, 3.05) is 24.0 Å². The van der Waals surface area contributed by atoms with Crippen molar-refractivity contribution < 1.29 is 47.6 Å². The Kier molecular flexibility index (Phi) is 8.98. The summed E-state index contributed by atoms with van der Waals surface area (Å²) in [6.45, 7) is 0. The van der Waals surface area contributed by atoms with Gasteiger partial charge < -0.3 is 21.3 Å². The van der Waals surface area contributed by atoms with Crippen molar-refractivity contribution in [2.24, 2.45) is 17.6 Å². The first kappa shape index (κ1) is 24.9. The Morgan fingerprint density at radius 3 is 2.29 bits per heavy atom. The van der Waals surface area contributed by atoms with E-state index in [1.165, 1.54) is 11.8 Å². The van der Waals surface area contributed by atoms with Crippen molar-refractivity contribution in [3.05, 3.63) is 0 Å².